The van der Waals surface area contributed by atoms with Crippen molar-refractivity contribution in [2.45, 2.75) is 19.3 Å². The minimum absolute atomic E-state index is 0.185. The van der Waals surface area contributed by atoms with E-state index in [1.54, 1.807) is 12.1 Å². The van der Waals surface area contributed by atoms with E-state index in [-0.39, 0.29) is 11.8 Å². The summed E-state index contributed by atoms with van der Waals surface area (Å²) in [6, 6.07) is 11.6. The Labute approximate surface area is 137 Å². The average Bonchev–Trinajstić information content (AvgIpc) is 3.23. The van der Waals surface area contributed by atoms with Crippen molar-refractivity contribution in [3.63, 3.8) is 0 Å². The number of H-pyrrole nitrogens is 1. The number of hydrogen-bond acceptors (Lipinski definition) is 3. The van der Waals surface area contributed by atoms with Crippen LogP contribution in [0.3, 0.4) is 0 Å². The highest BCUT2D eigenvalue weighted by Crippen LogP contribution is 2.19. The van der Waals surface area contributed by atoms with Crippen molar-refractivity contribution in [3.8, 4) is 0 Å². The van der Waals surface area contributed by atoms with Crippen molar-refractivity contribution in [1.82, 2.24) is 15.8 Å². The first-order valence-electron chi connectivity index (χ1n) is 7.42. The molecule has 0 aliphatic carbocycles. The Morgan fingerprint density at radius 3 is 2.78 bits per heavy atom. The second-order valence-electron chi connectivity index (χ2n) is 5.19. The number of thiophene rings is 1. The molecule has 0 atom stereocenters. The SMILES string of the molecule is O=C(CCCc1c[nH]c2ccccc12)NNC(=O)c1cccs1. The Hall–Kier alpha value is -2.60. The van der Waals surface area contributed by atoms with Crippen molar-refractivity contribution < 1.29 is 9.59 Å². The number of aryl methyl sites for hydroxylation is 1. The average molecular weight is 327 g/mol. The van der Waals surface area contributed by atoms with Gasteiger partial charge in [-0.15, -0.1) is 11.3 Å². The smallest absolute Gasteiger partial charge is 0.279 e. The maximum atomic E-state index is 11.8. The van der Waals surface area contributed by atoms with Gasteiger partial charge in [0.1, 0.15) is 0 Å². The van der Waals surface area contributed by atoms with Crippen molar-refractivity contribution in [2.75, 3.05) is 0 Å². The van der Waals surface area contributed by atoms with Crippen LogP contribution in [0.5, 0.6) is 0 Å². The number of amides is 2. The van der Waals surface area contributed by atoms with E-state index in [0.29, 0.717) is 11.3 Å². The van der Waals surface area contributed by atoms with Gasteiger partial charge in [-0.3, -0.25) is 20.4 Å². The van der Waals surface area contributed by atoms with Crippen molar-refractivity contribution in [1.29, 1.82) is 0 Å². The van der Waals surface area contributed by atoms with E-state index in [0.717, 1.165) is 18.4 Å². The fourth-order valence-corrected chi connectivity index (χ4v) is 3.06. The molecule has 6 heteroatoms. The molecule has 0 unspecified atom stereocenters. The van der Waals surface area contributed by atoms with Gasteiger partial charge in [0.05, 0.1) is 4.88 Å². The van der Waals surface area contributed by atoms with Gasteiger partial charge in [-0.25, -0.2) is 0 Å². The molecule has 118 valence electrons. The number of fused-ring (bicyclic) bond motifs is 1. The number of carbonyl (C=O) groups excluding carboxylic acids is 2. The van der Waals surface area contributed by atoms with Crippen LogP contribution in [0.15, 0.2) is 48.0 Å². The maximum absolute atomic E-state index is 11.8. The van der Waals surface area contributed by atoms with E-state index in [1.807, 2.05) is 29.8 Å². The Balaban J connectivity index is 1.43. The van der Waals surface area contributed by atoms with Crippen LogP contribution in [-0.2, 0) is 11.2 Å². The van der Waals surface area contributed by atoms with Gasteiger partial charge < -0.3 is 4.98 Å². The molecule has 0 spiro atoms. The van der Waals surface area contributed by atoms with Crippen LogP contribution in [0.1, 0.15) is 28.1 Å². The van der Waals surface area contributed by atoms with Crippen LogP contribution in [-0.4, -0.2) is 16.8 Å². The van der Waals surface area contributed by atoms with Crippen molar-refractivity contribution in [3.05, 3.63) is 58.4 Å². The Bertz CT molecular complexity index is 808. The Kier molecular flexibility index (Phi) is 4.73. The maximum Gasteiger partial charge on any atom is 0.279 e. The number of aromatic amines is 1. The highest BCUT2D eigenvalue weighted by atomic mass is 32.1. The predicted octanol–water partition coefficient (Wildman–Crippen LogP) is 3.01. The lowest BCUT2D eigenvalue weighted by atomic mass is 10.1. The summed E-state index contributed by atoms with van der Waals surface area (Å²) in [7, 11) is 0. The van der Waals surface area contributed by atoms with E-state index in [2.05, 4.69) is 21.9 Å². The molecule has 5 nitrogen and oxygen atoms in total. The largest absolute Gasteiger partial charge is 0.361 e. The number of nitrogens with one attached hydrogen (secondary N) is 3. The quantitative estimate of drug-likeness (QED) is 0.630. The van der Waals surface area contributed by atoms with Crippen LogP contribution in [0, 0.1) is 0 Å². The molecule has 2 amide bonds. The summed E-state index contributed by atoms with van der Waals surface area (Å²) in [5, 5.41) is 3.01. The van der Waals surface area contributed by atoms with E-state index >= 15 is 0 Å². The van der Waals surface area contributed by atoms with E-state index in [4.69, 9.17) is 0 Å². The van der Waals surface area contributed by atoms with Crippen LogP contribution in [0.2, 0.25) is 0 Å². The van der Waals surface area contributed by atoms with E-state index in [1.165, 1.54) is 22.3 Å². The summed E-state index contributed by atoms with van der Waals surface area (Å²) in [5.74, 6) is -0.472. The molecule has 0 radical (unpaired) electrons. The van der Waals surface area contributed by atoms with E-state index in [9.17, 15) is 9.59 Å². The van der Waals surface area contributed by atoms with Gasteiger partial charge in [0.25, 0.3) is 5.91 Å². The van der Waals surface area contributed by atoms with Crippen LogP contribution in [0.4, 0.5) is 0 Å². The molecule has 3 N–H and O–H groups in total. The number of rotatable bonds is 5. The fraction of sp³-hybridized carbons (Fsp3) is 0.176. The number of benzene rings is 1. The molecule has 0 bridgehead atoms. The molecule has 0 aliphatic heterocycles. The van der Waals surface area contributed by atoms with Gasteiger partial charge in [0.2, 0.25) is 5.91 Å². The van der Waals surface area contributed by atoms with Crippen LogP contribution < -0.4 is 10.9 Å². The summed E-state index contributed by atoms with van der Waals surface area (Å²) < 4.78 is 0. The summed E-state index contributed by atoms with van der Waals surface area (Å²) in [5.41, 5.74) is 7.18. The summed E-state index contributed by atoms with van der Waals surface area (Å²) in [6.07, 6.45) is 3.89. The van der Waals surface area contributed by atoms with Crippen LogP contribution in [0.25, 0.3) is 10.9 Å². The van der Waals surface area contributed by atoms with Gasteiger partial charge >= 0.3 is 0 Å². The molecular formula is C17H17N3O2S. The lowest BCUT2D eigenvalue weighted by molar-refractivity contribution is -0.121. The zero-order valence-electron chi connectivity index (χ0n) is 12.5. The molecule has 0 saturated carbocycles. The Morgan fingerprint density at radius 2 is 1.96 bits per heavy atom. The highest BCUT2D eigenvalue weighted by Gasteiger charge is 2.08. The number of aromatic nitrogens is 1. The highest BCUT2D eigenvalue weighted by molar-refractivity contribution is 7.12. The molecule has 0 saturated heterocycles. The topological polar surface area (TPSA) is 74.0 Å². The van der Waals surface area contributed by atoms with E-state index < -0.39 is 0 Å². The summed E-state index contributed by atoms with van der Waals surface area (Å²) in [4.78, 5) is 27.3. The molecule has 3 rings (SSSR count). The normalized spacial score (nSPS) is 10.6. The molecule has 0 aliphatic rings. The first-order valence-corrected chi connectivity index (χ1v) is 8.29. The van der Waals surface area contributed by atoms with Gasteiger partial charge in [-0.05, 0) is 35.9 Å². The number of carbonyl (C=O) groups is 2. The van der Waals surface area contributed by atoms with Gasteiger partial charge in [-0.2, -0.15) is 0 Å². The molecule has 3 aromatic rings. The monoisotopic (exact) mass is 327 g/mol. The first kappa shape index (κ1) is 15.3. The van der Waals surface area contributed by atoms with Crippen molar-refractivity contribution >= 4 is 34.1 Å². The molecule has 2 aromatic heterocycles. The molecule has 2 heterocycles. The number of hydrogen-bond donors (Lipinski definition) is 3. The number of para-hydroxylation sites is 1. The Morgan fingerprint density at radius 1 is 1.09 bits per heavy atom. The number of hydrazine groups is 1. The second-order valence-corrected chi connectivity index (χ2v) is 6.14. The van der Waals surface area contributed by atoms with Crippen molar-refractivity contribution in [2.24, 2.45) is 0 Å². The zero-order valence-corrected chi connectivity index (χ0v) is 13.3. The third-order valence-corrected chi connectivity index (χ3v) is 4.45. The minimum Gasteiger partial charge on any atom is -0.361 e. The molecule has 0 fully saturated rings. The first-order chi connectivity index (χ1) is 11.2. The standard InChI is InChI=1S/C17H17N3O2S/c21-16(19-20-17(22)15-8-4-10-23-15)9-3-5-12-11-18-14-7-2-1-6-13(12)14/h1-2,4,6-8,10-11,18H,3,5,9H2,(H,19,21)(H,20,22). The molecular weight excluding hydrogens is 310 g/mol. The lowest BCUT2D eigenvalue weighted by Crippen LogP contribution is -2.41. The fourth-order valence-electron chi connectivity index (χ4n) is 2.44. The van der Waals surface area contributed by atoms with Gasteiger partial charge in [0, 0.05) is 23.5 Å². The minimum atomic E-state index is -0.287. The second kappa shape index (κ2) is 7.11. The zero-order chi connectivity index (χ0) is 16.1. The third kappa shape index (κ3) is 3.78. The van der Waals surface area contributed by atoms with Crippen LogP contribution >= 0.6 is 11.3 Å². The molecule has 1 aromatic carbocycles. The third-order valence-electron chi connectivity index (χ3n) is 3.59. The van der Waals surface area contributed by atoms with Gasteiger partial charge in [-0.1, -0.05) is 24.3 Å². The summed E-state index contributed by atoms with van der Waals surface area (Å²) in [6.45, 7) is 0. The lowest BCUT2D eigenvalue weighted by Gasteiger charge is -2.06. The van der Waals surface area contributed by atoms with Gasteiger partial charge in [0.15, 0.2) is 0 Å². The summed E-state index contributed by atoms with van der Waals surface area (Å²) >= 11 is 1.33. The molecule has 23 heavy (non-hydrogen) atoms. The predicted molar refractivity (Wildman–Crippen MR) is 91.2 cm³/mol.